The summed E-state index contributed by atoms with van der Waals surface area (Å²) in [6.45, 7) is -0.908. The van der Waals surface area contributed by atoms with Crippen molar-refractivity contribution in [2.45, 2.75) is 6.18 Å². The fraction of sp³-hybridized carbons (Fsp3) is 0.357. The molecule has 0 saturated heterocycles. The highest BCUT2D eigenvalue weighted by molar-refractivity contribution is 5.96. The number of ether oxygens (including phenoxy) is 1. The fourth-order valence-electron chi connectivity index (χ4n) is 2.22. The monoisotopic (exact) mass is 299 g/mol. The van der Waals surface area contributed by atoms with E-state index in [2.05, 4.69) is 4.98 Å². The lowest BCUT2D eigenvalue weighted by atomic mass is 10.1. The third-order valence-corrected chi connectivity index (χ3v) is 3.03. The summed E-state index contributed by atoms with van der Waals surface area (Å²) >= 11 is 0. The number of nitrogens with zero attached hydrogens (tertiary/aromatic N) is 2. The van der Waals surface area contributed by atoms with Gasteiger partial charge in [0, 0.05) is 30.1 Å². The zero-order valence-corrected chi connectivity index (χ0v) is 11.5. The first-order valence-electron chi connectivity index (χ1n) is 6.40. The molecule has 0 aliphatic rings. The van der Waals surface area contributed by atoms with E-state index in [1.165, 1.54) is 13.3 Å². The largest absolute Gasteiger partial charge is 0.496 e. The average Bonchev–Trinajstić information content (AvgIpc) is 2.44. The number of alkyl halides is 3. The summed E-state index contributed by atoms with van der Waals surface area (Å²) in [5, 5.41) is 1.32. The molecule has 1 aromatic heterocycles. The van der Waals surface area contributed by atoms with Gasteiger partial charge in [-0.2, -0.15) is 13.2 Å². The molecule has 0 fully saturated rings. The summed E-state index contributed by atoms with van der Waals surface area (Å²) in [5.41, 5.74) is 5.42. The van der Waals surface area contributed by atoms with Crippen molar-refractivity contribution in [3.63, 3.8) is 0 Å². The lowest BCUT2D eigenvalue weighted by molar-refractivity contribution is -0.119. The van der Waals surface area contributed by atoms with Gasteiger partial charge in [0.05, 0.1) is 7.11 Å². The summed E-state index contributed by atoms with van der Waals surface area (Å²) in [6.07, 6.45) is -2.85. The summed E-state index contributed by atoms with van der Waals surface area (Å²) < 4.78 is 43.4. The Labute approximate surface area is 120 Å². The number of hydrogen-bond acceptors (Lipinski definition) is 4. The number of anilines is 1. The van der Waals surface area contributed by atoms with E-state index in [0.29, 0.717) is 16.5 Å². The standard InChI is InChI=1S/C14H16F3N3O/c1-21-12-4-2-3-11-10(12)5-7-19-13(11)20(8-6-18)9-14(15,16)17/h2-5,7H,6,8-9,18H2,1H3. The third-order valence-electron chi connectivity index (χ3n) is 3.03. The molecule has 0 aliphatic carbocycles. The van der Waals surface area contributed by atoms with Crippen molar-refractivity contribution in [3.05, 3.63) is 30.5 Å². The van der Waals surface area contributed by atoms with Crippen molar-refractivity contribution in [2.24, 2.45) is 5.73 Å². The van der Waals surface area contributed by atoms with E-state index >= 15 is 0 Å². The van der Waals surface area contributed by atoms with Crippen LogP contribution in [0.1, 0.15) is 0 Å². The van der Waals surface area contributed by atoms with Gasteiger partial charge in [0.15, 0.2) is 0 Å². The number of fused-ring (bicyclic) bond motifs is 1. The van der Waals surface area contributed by atoms with E-state index in [-0.39, 0.29) is 18.9 Å². The van der Waals surface area contributed by atoms with Gasteiger partial charge in [0.1, 0.15) is 18.1 Å². The second-order valence-electron chi connectivity index (χ2n) is 4.52. The lowest BCUT2D eigenvalue weighted by Crippen LogP contribution is -2.38. The molecule has 2 rings (SSSR count). The van der Waals surface area contributed by atoms with E-state index in [4.69, 9.17) is 10.5 Å². The number of nitrogens with two attached hydrogens (primary N) is 1. The first kappa shape index (κ1) is 15.4. The Morgan fingerprint density at radius 2 is 2.00 bits per heavy atom. The zero-order valence-electron chi connectivity index (χ0n) is 11.5. The van der Waals surface area contributed by atoms with E-state index in [1.807, 2.05) is 0 Å². The van der Waals surface area contributed by atoms with Crippen molar-refractivity contribution in [1.82, 2.24) is 4.98 Å². The molecular formula is C14H16F3N3O. The molecule has 1 heterocycles. The highest BCUT2D eigenvalue weighted by atomic mass is 19.4. The van der Waals surface area contributed by atoms with Crippen molar-refractivity contribution in [2.75, 3.05) is 31.6 Å². The molecule has 0 aliphatic heterocycles. The number of halogens is 3. The number of aromatic nitrogens is 1. The van der Waals surface area contributed by atoms with Crippen LogP contribution >= 0.6 is 0 Å². The molecule has 0 bridgehead atoms. The van der Waals surface area contributed by atoms with E-state index in [1.54, 1.807) is 24.3 Å². The van der Waals surface area contributed by atoms with Crippen LogP contribution in [0.3, 0.4) is 0 Å². The van der Waals surface area contributed by atoms with Crippen LogP contribution in [0, 0.1) is 0 Å². The minimum absolute atomic E-state index is 0.0723. The first-order valence-corrected chi connectivity index (χ1v) is 6.40. The summed E-state index contributed by atoms with van der Waals surface area (Å²) in [5.74, 6) is 0.852. The van der Waals surface area contributed by atoms with Crippen LogP contribution in [0.5, 0.6) is 5.75 Å². The van der Waals surface area contributed by atoms with Gasteiger partial charge in [-0.15, -0.1) is 0 Å². The topological polar surface area (TPSA) is 51.4 Å². The predicted molar refractivity (Wildman–Crippen MR) is 75.6 cm³/mol. The van der Waals surface area contributed by atoms with E-state index in [9.17, 15) is 13.2 Å². The minimum Gasteiger partial charge on any atom is -0.496 e. The van der Waals surface area contributed by atoms with Crippen LogP contribution in [0.15, 0.2) is 30.5 Å². The Kier molecular flexibility index (Phi) is 4.52. The van der Waals surface area contributed by atoms with Gasteiger partial charge in [0.2, 0.25) is 0 Å². The molecule has 0 radical (unpaired) electrons. The highest BCUT2D eigenvalue weighted by Gasteiger charge is 2.31. The molecule has 114 valence electrons. The molecule has 7 heteroatoms. The second kappa shape index (κ2) is 6.17. The molecule has 0 unspecified atom stereocenters. The number of methoxy groups -OCH3 is 1. The zero-order chi connectivity index (χ0) is 15.5. The molecule has 0 spiro atoms. The maximum Gasteiger partial charge on any atom is 0.405 e. The molecule has 21 heavy (non-hydrogen) atoms. The number of benzene rings is 1. The van der Waals surface area contributed by atoms with Crippen molar-refractivity contribution >= 4 is 16.6 Å². The van der Waals surface area contributed by atoms with Crippen LogP contribution in [-0.2, 0) is 0 Å². The van der Waals surface area contributed by atoms with Crippen LogP contribution in [0.25, 0.3) is 10.8 Å². The van der Waals surface area contributed by atoms with Crippen molar-refractivity contribution in [3.8, 4) is 5.75 Å². The van der Waals surface area contributed by atoms with E-state index in [0.717, 1.165) is 4.90 Å². The van der Waals surface area contributed by atoms with Crippen molar-refractivity contribution in [1.29, 1.82) is 0 Å². The normalized spacial score (nSPS) is 11.7. The predicted octanol–water partition coefficient (Wildman–Crippen LogP) is 2.57. The molecule has 1 aromatic carbocycles. The number of rotatable bonds is 5. The van der Waals surface area contributed by atoms with Gasteiger partial charge in [-0.1, -0.05) is 12.1 Å². The lowest BCUT2D eigenvalue weighted by Gasteiger charge is -2.25. The van der Waals surface area contributed by atoms with Gasteiger partial charge >= 0.3 is 6.18 Å². The number of pyridine rings is 1. The SMILES string of the molecule is COc1cccc2c(N(CCN)CC(F)(F)F)nccc12. The maximum atomic E-state index is 12.7. The summed E-state index contributed by atoms with van der Waals surface area (Å²) in [6, 6.07) is 6.91. The molecule has 2 N–H and O–H groups in total. The minimum atomic E-state index is -4.32. The molecule has 2 aromatic rings. The second-order valence-corrected chi connectivity index (χ2v) is 4.52. The maximum absolute atomic E-state index is 12.7. The molecular weight excluding hydrogens is 283 g/mol. The van der Waals surface area contributed by atoms with E-state index < -0.39 is 12.7 Å². The quantitative estimate of drug-likeness (QED) is 0.922. The first-order chi connectivity index (χ1) is 9.96. The van der Waals surface area contributed by atoms with Crippen molar-refractivity contribution < 1.29 is 17.9 Å². The van der Waals surface area contributed by atoms with Gasteiger partial charge in [0.25, 0.3) is 0 Å². The van der Waals surface area contributed by atoms with Gasteiger partial charge in [-0.3, -0.25) is 0 Å². The summed E-state index contributed by atoms with van der Waals surface area (Å²) in [7, 11) is 1.52. The average molecular weight is 299 g/mol. The van der Waals surface area contributed by atoms with Crippen LogP contribution < -0.4 is 15.4 Å². The van der Waals surface area contributed by atoms with Gasteiger partial charge < -0.3 is 15.4 Å². The number of hydrogen-bond donors (Lipinski definition) is 1. The van der Waals surface area contributed by atoms with Crippen LogP contribution in [0.2, 0.25) is 0 Å². The molecule has 0 atom stereocenters. The van der Waals surface area contributed by atoms with Gasteiger partial charge in [-0.25, -0.2) is 4.98 Å². The Morgan fingerprint density at radius 1 is 1.24 bits per heavy atom. The van der Waals surface area contributed by atoms with Crippen LogP contribution in [-0.4, -0.2) is 37.9 Å². The fourth-order valence-corrected chi connectivity index (χ4v) is 2.22. The molecule has 4 nitrogen and oxygen atoms in total. The summed E-state index contributed by atoms with van der Waals surface area (Å²) in [4.78, 5) is 5.24. The Balaban J connectivity index is 2.52. The Morgan fingerprint density at radius 3 is 2.62 bits per heavy atom. The van der Waals surface area contributed by atoms with Crippen LogP contribution in [0.4, 0.5) is 19.0 Å². The Bertz CT molecular complexity index is 616. The molecule has 0 saturated carbocycles. The smallest absolute Gasteiger partial charge is 0.405 e. The third kappa shape index (κ3) is 3.55. The Hall–Kier alpha value is -2.02. The van der Waals surface area contributed by atoms with Gasteiger partial charge in [-0.05, 0) is 12.1 Å². The highest BCUT2D eigenvalue weighted by Crippen LogP contribution is 2.32. The molecule has 0 amide bonds.